The minimum atomic E-state index is -1.05. The lowest BCUT2D eigenvalue weighted by Crippen LogP contribution is -2.07. The topological polar surface area (TPSA) is 69.4 Å². The van der Waals surface area contributed by atoms with Gasteiger partial charge in [0.1, 0.15) is 0 Å². The lowest BCUT2D eigenvalue weighted by molar-refractivity contribution is -0.385. The Morgan fingerprint density at radius 3 is 2.87 bits per heavy atom. The molecule has 1 rings (SSSR count). The summed E-state index contributed by atoms with van der Waals surface area (Å²) >= 11 is 2.90. The minimum Gasteiger partial charge on any atom is -0.465 e. The van der Waals surface area contributed by atoms with Gasteiger partial charge in [-0.15, -0.1) is 0 Å². The van der Waals surface area contributed by atoms with E-state index in [0.717, 1.165) is 0 Å². The van der Waals surface area contributed by atoms with Crippen molar-refractivity contribution < 1.29 is 15.8 Å². The lowest BCUT2D eigenvalue weighted by atomic mass is 10.1. The molecule has 80 valence electrons. The Morgan fingerprint density at radius 1 is 1.73 bits per heavy atom. The molecule has 0 saturated heterocycles. The monoisotopic (exact) mass is 274 g/mol. The summed E-state index contributed by atoms with van der Waals surface area (Å²) in [6.07, 6.45) is 0. The van der Waals surface area contributed by atoms with Crippen LogP contribution in [0.15, 0.2) is 18.2 Å². The number of carbonyl (C=O) groups is 1. The summed E-state index contributed by atoms with van der Waals surface area (Å²) in [6, 6.07) is 4.00. The number of esters is 1. The number of hydrogen-bond donors (Lipinski definition) is 0. The Balaban J connectivity index is 3.44. The normalized spacial score (nSPS) is 12.8. The van der Waals surface area contributed by atoms with E-state index in [1.54, 1.807) is 0 Å². The van der Waals surface area contributed by atoms with Gasteiger partial charge in [0.2, 0.25) is 0 Å². The van der Waals surface area contributed by atoms with Crippen LogP contribution < -0.4 is 0 Å². The van der Waals surface area contributed by atoms with Crippen LogP contribution in [-0.2, 0) is 10.0 Å². The maximum absolute atomic E-state index is 11.4. The van der Waals surface area contributed by atoms with Crippen LogP contribution in [0.25, 0.3) is 0 Å². The number of alkyl halides is 1. The van der Waals surface area contributed by atoms with Crippen molar-refractivity contribution in [1.29, 1.82) is 0 Å². The SMILES string of the molecule is [2H]C(Br)c1c(C(=O)OC)cccc1[N+](=O)[O-]. The first-order valence-electron chi connectivity index (χ1n) is 4.48. The maximum Gasteiger partial charge on any atom is 0.338 e. The molecule has 1 aromatic rings. The zero-order chi connectivity index (χ0) is 12.3. The van der Waals surface area contributed by atoms with Crippen molar-refractivity contribution in [2.45, 2.75) is 5.31 Å². The smallest absolute Gasteiger partial charge is 0.338 e. The molecule has 0 aliphatic carbocycles. The largest absolute Gasteiger partial charge is 0.465 e. The quantitative estimate of drug-likeness (QED) is 0.367. The molecule has 1 aromatic carbocycles. The van der Waals surface area contributed by atoms with Gasteiger partial charge in [-0.25, -0.2) is 4.79 Å². The van der Waals surface area contributed by atoms with Crippen LogP contribution in [0.2, 0.25) is 0 Å². The van der Waals surface area contributed by atoms with E-state index in [1.165, 1.54) is 25.3 Å². The van der Waals surface area contributed by atoms with Gasteiger partial charge < -0.3 is 4.74 Å². The molecular formula is C9H8BrNO4. The third-order valence-electron chi connectivity index (χ3n) is 1.79. The molecule has 0 fully saturated rings. The third-order valence-corrected chi connectivity index (χ3v) is 2.25. The van der Waals surface area contributed by atoms with Crippen molar-refractivity contribution in [3.05, 3.63) is 39.4 Å². The van der Waals surface area contributed by atoms with Crippen molar-refractivity contribution in [1.82, 2.24) is 0 Å². The van der Waals surface area contributed by atoms with Gasteiger partial charge in [0.25, 0.3) is 5.69 Å². The number of nitro groups is 1. The molecule has 0 aliphatic rings. The number of carbonyl (C=O) groups excluding carboxylic acids is 1. The summed E-state index contributed by atoms with van der Waals surface area (Å²) in [7, 11) is 1.18. The molecule has 0 aromatic heterocycles. The van der Waals surface area contributed by atoms with Gasteiger partial charge in [0.05, 0.1) is 23.2 Å². The van der Waals surface area contributed by atoms with Crippen LogP contribution in [0.5, 0.6) is 0 Å². The number of benzene rings is 1. The molecule has 15 heavy (non-hydrogen) atoms. The Morgan fingerprint density at radius 2 is 2.40 bits per heavy atom. The van der Waals surface area contributed by atoms with E-state index in [-0.39, 0.29) is 16.8 Å². The molecule has 1 unspecified atom stereocenters. The molecule has 0 N–H and O–H groups in total. The summed E-state index contributed by atoms with van der Waals surface area (Å²) in [4.78, 5) is 21.5. The molecule has 5 nitrogen and oxygen atoms in total. The van der Waals surface area contributed by atoms with Crippen molar-refractivity contribution in [2.24, 2.45) is 0 Å². The Hall–Kier alpha value is -1.43. The average Bonchev–Trinajstić information content (AvgIpc) is 2.26. The highest BCUT2D eigenvalue weighted by atomic mass is 79.9. The van der Waals surface area contributed by atoms with E-state index < -0.39 is 16.2 Å². The van der Waals surface area contributed by atoms with Crippen LogP contribution in [0.1, 0.15) is 17.3 Å². The number of nitro benzene ring substituents is 1. The van der Waals surface area contributed by atoms with Gasteiger partial charge >= 0.3 is 5.97 Å². The van der Waals surface area contributed by atoms with Crippen LogP contribution in [0.4, 0.5) is 5.69 Å². The number of halogens is 1. The van der Waals surface area contributed by atoms with E-state index in [0.29, 0.717) is 0 Å². The predicted octanol–water partition coefficient (Wildman–Crippen LogP) is 2.28. The Labute approximate surface area is 95.7 Å². The van der Waals surface area contributed by atoms with Crippen molar-refractivity contribution in [2.75, 3.05) is 7.11 Å². The van der Waals surface area contributed by atoms with Gasteiger partial charge in [-0.05, 0) is 6.07 Å². The average molecular weight is 275 g/mol. The summed E-state index contributed by atoms with van der Waals surface area (Å²) in [6.45, 7) is 0. The van der Waals surface area contributed by atoms with Crippen LogP contribution in [0, 0.1) is 10.1 Å². The fourth-order valence-electron chi connectivity index (χ4n) is 1.11. The fraction of sp³-hybridized carbons (Fsp3) is 0.222. The van der Waals surface area contributed by atoms with Gasteiger partial charge in [0, 0.05) is 12.7 Å². The first-order valence-corrected chi connectivity index (χ1v) is 4.82. The molecule has 0 heterocycles. The van der Waals surface area contributed by atoms with Crippen LogP contribution in [-0.4, -0.2) is 18.0 Å². The second-order valence-corrected chi connectivity index (χ2v) is 3.05. The van der Waals surface area contributed by atoms with Gasteiger partial charge in [-0.1, -0.05) is 22.0 Å². The maximum atomic E-state index is 11.4. The Bertz CT molecular complexity index is 436. The van der Waals surface area contributed by atoms with E-state index in [9.17, 15) is 14.9 Å². The van der Waals surface area contributed by atoms with E-state index in [4.69, 9.17) is 1.37 Å². The van der Waals surface area contributed by atoms with Gasteiger partial charge in [-0.3, -0.25) is 10.1 Å². The zero-order valence-corrected chi connectivity index (χ0v) is 9.35. The molecular weight excluding hydrogens is 266 g/mol. The van der Waals surface area contributed by atoms with Crippen molar-refractivity contribution in [3.63, 3.8) is 0 Å². The first kappa shape index (κ1) is 10.1. The highest BCUT2D eigenvalue weighted by molar-refractivity contribution is 9.08. The Kier molecular flexibility index (Phi) is 3.29. The molecule has 0 bridgehead atoms. The molecule has 0 spiro atoms. The number of hydrogen-bond acceptors (Lipinski definition) is 4. The summed E-state index contributed by atoms with van der Waals surface area (Å²) < 4.78 is 12.0. The molecule has 1 atom stereocenters. The standard InChI is InChI=1S/C9H8BrNO4/c1-15-9(12)6-3-2-4-8(11(13)14)7(6)5-10/h2-4H,5H2,1H3/i5D. The molecule has 0 saturated carbocycles. The molecule has 0 aliphatic heterocycles. The van der Waals surface area contributed by atoms with Gasteiger partial charge in [0.15, 0.2) is 0 Å². The predicted molar refractivity (Wildman–Crippen MR) is 57.1 cm³/mol. The van der Waals surface area contributed by atoms with Gasteiger partial charge in [-0.2, -0.15) is 0 Å². The number of rotatable bonds is 3. The third kappa shape index (κ3) is 2.33. The zero-order valence-electron chi connectivity index (χ0n) is 8.77. The fourth-order valence-corrected chi connectivity index (χ4v) is 1.60. The molecule has 6 heteroatoms. The van der Waals surface area contributed by atoms with Crippen LogP contribution >= 0.6 is 15.9 Å². The molecule has 0 radical (unpaired) electrons. The number of nitrogens with zero attached hydrogens (tertiary/aromatic N) is 1. The second-order valence-electron chi connectivity index (χ2n) is 2.60. The number of ether oxygens (including phenoxy) is 1. The van der Waals surface area contributed by atoms with Crippen molar-refractivity contribution in [3.8, 4) is 0 Å². The van der Waals surface area contributed by atoms with E-state index in [2.05, 4.69) is 20.7 Å². The van der Waals surface area contributed by atoms with E-state index >= 15 is 0 Å². The summed E-state index contributed by atoms with van der Waals surface area (Å²) in [5.41, 5.74) is -0.257. The highest BCUT2D eigenvalue weighted by Crippen LogP contribution is 2.25. The number of methoxy groups -OCH3 is 1. The summed E-state index contributed by atoms with van der Waals surface area (Å²) in [5, 5.41) is 9.69. The first-order chi connectivity index (χ1) is 7.49. The highest BCUT2D eigenvalue weighted by Gasteiger charge is 2.20. The lowest BCUT2D eigenvalue weighted by Gasteiger charge is -2.05. The van der Waals surface area contributed by atoms with Crippen molar-refractivity contribution >= 4 is 27.6 Å². The second kappa shape index (κ2) is 4.88. The summed E-state index contributed by atoms with van der Waals surface area (Å²) in [5.74, 6) is -0.699. The van der Waals surface area contributed by atoms with E-state index in [1.807, 2.05) is 0 Å². The minimum absolute atomic E-state index is 0.000602. The molecule has 0 amide bonds. The van der Waals surface area contributed by atoms with Crippen LogP contribution in [0.3, 0.4) is 0 Å².